The second kappa shape index (κ2) is 6.13. The van der Waals surface area contributed by atoms with Crippen molar-refractivity contribution >= 4 is 12.3 Å². The van der Waals surface area contributed by atoms with Crippen LogP contribution in [0.4, 0.5) is 0 Å². The van der Waals surface area contributed by atoms with Crippen LogP contribution in [0.25, 0.3) is 11.3 Å². The Morgan fingerprint density at radius 2 is 2.05 bits per heavy atom. The van der Waals surface area contributed by atoms with Crippen LogP contribution < -0.4 is 0 Å². The van der Waals surface area contributed by atoms with E-state index >= 15 is 0 Å². The summed E-state index contributed by atoms with van der Waals surface area (Å²) in [6.07, 6.45) is 0.596. The predicted molar refractivity (Wildman–Crippen MR) is 81.3 cm³/mol. The topological polar surface area (TPSA) is 69.4 Å². The average Bonchev–Trinajstić information content (AvgIpc) is 2.84. The lowest BCUT2D eigenvalue weighted by molar-refractivity contribution is -0.157. The summed E-state index contributed by atoms with van der Waals surface area (Å²) in [7, 11) is 0. The lowest BCUT2D eigenvalue weighted by atomic mass is 9.97. The van der Waals surface area contributed by atoms with Crippen molar-refractivity contribution in [1.82, 2.24) is 5.16 Å². The molecule has 22 heavy (non-hydrogen) atoms. The molecule has 0 N–H and O–H groups in total. The highest BCUT2D eigenvalue weighted by Gasteiger charge is 2.26. The van der Waals surface area contributed by atoms with Crippen molar-refractivity contribution in [2.75, 3.05) is 0 Å². The van der Waals surface area contributed by atoms with Gasteiger partial charge in [0, 0.05) is 11.6 Å². The van der Waals surface area contributed by atoms with Crippen molar-refractivity contribution in [3.05, 3.63) is 41.6 Å². The Hall–Kier alpha value is -2.43. The summed E-state index contributed by atoms with van der Waals surface area (Å²) in [5.74, 6) is -0.926. The molecular formula is C17H19NO4. The van der Waals surface area contributed by atoms with Gasteiger partial charge in [-0.1, -0.05) is 23.4 Å². The zero-order valence-electron chi connectivity index (χ0n) is 13.1. The zero-order chi connectivity index (χ0) is 16.3. The molecule has 0 radical (unpaired) electrons. The van der Waals surface area contributed by atoms with Gasteiger partial charge in [0.1, 0.15) is 17.8 Å². The molecule has 1 unspecified atom stereocenters. The lowest BCUT2D eigenvalue weighted by Gasteiger charge is -2.22. The van der Waals surface area contributed by atoms with Crippen LogP contribution >= 0.6 is 0 Å². The molecule has 0 bridgehead atoms. The van der Waals surface area contributed by atoms with Gasteiger partial charge < -0.3 is 14.1 Å². The number of esters is 1. The Morgan fingerprint density at radius 3 is 2.59 bits per heavy atom. The lowest BCUT2D eigenvalue weighted by Crippen LogP contribution is -2.28. The molecule has 0 aliphatic carbocycles. The molecule has 1 aromatic carbocycles. The van der Waals surface area contributed by atoms with Gasteiger partial charge in [-0.3, -0.25) is 4.79 Å². The molecule has 0 fully saturated rings. The summed E-state index contributed by atoms with van der Waals surface area (Å²) >= 11 is 0. The molecule has 1 aromatic heterocycles. The van der Waals surface area contributed by atoms with E-state index < -0.39 is 17.5 Å². The summed E-state index contributed by atoms with van der Waals surface area (Å²) in [6, 6.07) is 8.85. The van der Waals surface area contributed by atoms with Crippen LogP contribution in [-0.4, -0.2) is 23.0 Å². The second-order valence-corrected chi connectivity index (χ2v) is 6.11. The molecule has 5 nitrogen and oxygen atoms in total. The van der Waals surface area contributed by atoms with Crippen LogP contribution in [0.3, 0.4) is 0 Å². The first-order chi connectivity index (χ1) is 10.3. The molecule has 0 spiro atoms. The molecule has 2 rings (SSSR count). The fourth-order valence-electron chi connectivity index (χ4n) is 2.02. The number of hydrogen-bond acceptors (Lipinski definition) is 5. The van der Waals surface area contributed by atoms with Crippen molar-refractivity contribution in [1.29, 1.82) is 0 Å². The number of rotatable bonds is 4. The van der Waals surface area contributed by atoms with Gasteiger partial charge in [0.25, 0.3) is 0 Å². The van der Waals surface area contributed by atoms with E-state index in [-0.39, 0.29) is 0 Å². The van der Waals surface area contributed by atoms with Gasteiger partial charge >= 0.3 is 5.97 Å². The number of ether oxygens (including phenoxy) is 1. The van der Waals surface area contributed by atoms with E-state index in [1.54, 1.807) is 45.0 Å². The number of aromatic nitrogens is 1. The number of aldehydes is 1. The summed E-state index contributed by atoms with van der Waals surface area (Å²) < 4.78 is 10.5. The van der Waals surface area contributed by atoms with E-state index in [4.69, 9.17) is 9.26 Å². The van der Waals surface area contributed by atoms with Crippen LogP contribution in [0.1, 0.15) is 37.9 Å². The van der Waals surface area contributed by atoms with Gasteiger partial charge in [-0.15, -0.1) is 0 Å². The molecule has 0 aliphatic heterocycles. The van der Waals surface area contributed by atoms with Crippen molar-refractivity contribution in [2.24, 2.45) is 0 Å². The molecule has 5 heteroatoms. The zero-order valence-corrected chi connectivity index (χ0v) is 13.1. The third-order valence-electron chi connectivity index (χ3n) is 2.96. The Kier molecular flexibility index (Phi) is 4.45. The Balaban J connectivity index is 2.30. The molecule has 2 aromatic rings. The van der Waals surface area contributed by atoms with Gasteiger partial charge in [0.15, 0.2) is 5.76 Å². The van der Waals surface area contributed by atoms with Crippen LogP contribution in [0.15, 0.2) is 34.9 Å². The van der Waals surface area contributed by atoms with Crippen molar-refractivity contribution in [3.8, 4) is 11.3 Å². The quantitative estimate of drug-likeness (QED) is 0.492. The smallest absolute Gasteiger partial charge is 0.321 e. The van der Waals surface area contributed by atoms with Crippen LogP contribution in [-0.2, 0) is 14.3 Å². The molecule has 0 saturated heterocycles. The summed E-state index contributed by atoms with van der Waals surface area (Å²) in [4.78, 5) is 23.5. The van der Waals surface area contributed by atoms with Gasteiger partial charge in [-0.05, 0) is 39.3 Å². The largest absolute Gasteiger partial charge is 0.459 e. The number of carbonyl (C=O) groups is 2. The van der Waals surface area contributed by atoms with E-state index in [1.807, 2.05) is 13.0 Å². The SMILES string of the molecule is Cc1cc(-c2cccc(C(C=O)C(=O)OC(C)(C)C)c2)on1. The fourth-order valence-corrected chi connectivity index (χ4v) is 2.02. The third kappa shape index (κ3) is 3.81. The number of nitrogens with zero attached hydrogens (tertiary/aromatic N) is 1. The molecule has 0 aliphatic rings. The van der Waals surface area contributed by atoms with Gasteiger partial charge in [0.2, 0.25) is 0 Å². The van der Waals surface area contributed by atoms with E-state index in [0.717, 1.165) is 11.3 Å². The van der Waals surface area contributed by atoms with E-state index in [2.05, 4.69) is 5.16 Å². The minimum atomic E-state index is -0.955. The highest BCUT2D eigenvalue weighted by atomic mass is 16.6. The van der Waals surface area contributed by atoms with Gasteiger partial charge in [-0.2, -0.15) is 0 Å². The second-order valence-electron chi connectivity index (χ2n) is 6.11. The standard InChI is InChI=1S/C17H19NO4/c1-11-8-15(22-18-11)13-7-5-6-12(9-13)14(10-19)16(20)21-17(2,3)4/h5-10,14H,1-4H3. The van der Waals surface area contributed by atoms with E-state index in [9.17, 15) is 9.59 Å². The average molecular weight is 301 g/mol. The maximum atomic E-state index is 12.2. The Morgan fingerprint density at radius 1 is 1.32 bits per heavy atom. The molecule has 0 saturated carbocycles. The first-order valence-corrected chi connectivity index (χ1v) is 7.02. The molecule has 116 valence electrons. The van der Waals surface area contributed by atoms with E-state index in [0.29, 0.717) is 17.6 Å². The summed E-state index contributed by atoms with van der Waals surface area (Å²) in [5, 5.41) is 3.84. The fraction of sp³-hybridized carbons (Fsp3) is 0.353. The third-order valence-corrected chi connectivity index (χ3v) is 2.96. The monoisotopic (exact) mass is 301 g/mol. The Bertz CT molecular complexity index is 682. The first kappa shape index (κ1) is 15.9. The Labute approximate surface area is 129 Å². The normalized spacial score (nSPS) is 12.7. The number of hydrogen-bond donors (Lipinski definition) is 0. The number of aryl methyl sites for hydroxylation is 1. The molecule has 1 atom stereocenters. The highest BCUT2D eigenvalue weighted by Crippen LogP contribution is 2.25. The molecule has 1 heterocycles. The van der Waals surface area contributed by atoms with Gasteiger partial charge in [0.05, 0.1) is 5.69 Å². The minimum Gasteiger partial charge on any atom is -0.459 e. The predicted octanol–water partition coefficient (Wildman–Crippen LogP) is 3.27. The maximum absolute atomic E-state index is 12.2. The number of carbonyl (C=O) groups excluding carboxylic acids is 2. The van der Waals surface area contributed by atoms with Crippen molar-refractivity contribution < 1.29 is 18.8 Å². The van der Waals surface area contributed by atoms with E-state index in [1.165, 1.54) is 0 Å². The van der Waals surface area contributed by atoms with Crippen molar-refractivity contribution in [3.63, 3.8) is 0 Å². The summed E-state index contributed by atoms with van der Waals surface area (Å²) in [6.45, 7) is 7.12. The van der Waals surface area contributed by atoms with Crippen LogP contribution in [0.5, 0.6) is 0 Å². The summed E-state index contributed by atoms with van der Waals surface area (Å²) in [5.41, 5.74) is 1.45. The molecular weight excluding hydrogens is 282 g/mol. The molecule has 0 amide bonds. The van der Waals surface area contributed by atoms with Crippen molar-refractivity contribution in [2.45, 2.75) is 39.2 Å². The first-order valence-electron chi connectivity index (χ1n) is 7.02. The van der Waals surface area contributed by atoms with Crippen LogP contribution in [0.2, 0.25) is 0 Å². The number of benzene rings is 1. The maximum Gasteiger partial charge on any atom is 0.321 e. The highest BCUT2D eigenvalue weighted by molar-refractivity contribution is 5.94. The van der Waals surface area contributed by atoms with Crippen LogP contribution in [0, 0.1) is 6.92 Å². The minimum absolute atomic E-state index is 0.562. The van der Waals surface area contributed by atoms with Gasteiger partial charge in [-0.25, -0.2) is 0 Å².